The maximum atomic E-state index is 10.3. The number of aliphatic hydroxyl groups excluding tert-OH is 2. The molecule has 35 heavy (non-hydrogen) atoms. The molecule has 2 aromatic carbocycles. The molecule has 4 heteroatoms. The van der Waals surface area contributed by atoms with Crippen molar-refractivity contribution in [1.29, 1.82) is 0 Å². The first-order valence-corrected chi connectivity index (χ1v) is 12.9. The van der Waals surface area contributed by atoms with Crippen LogP contribution in [0.5, 0.6) is 0 Å². The molecule has 4 nitrogen and oxygen atoms in total. The van der Waals surface area contributed by atoms with Crippen LogP contribution in [-0.4, -0.2) is 35.6 Å². The quantitative estimate of drug-likeness (QED) is 0.189. The summed E-state index contributed by atoms with van der Waals surface area (Å²) in [5.41, 5.74) is 4.66. The zero-order chi connectivity index (χ0) is 25.5. The summed E-state index contributed by atoms with van der Waals surface area (Å²) in [5.74, 6) is 0. The lowest BCUT2D eigenvalue weighted by atomic mass is 9.77. The highest BCUT2D eigenvalue weighted by atomic mass is 16.5. The Labute approximate surface area is 212 Å². The number of unbranched alkanes of at least 4 members (excludes halogenated alkanes) is 2. The highest BCUT2D eigenvalue weighted by Crippen LogP contribution is 2.32. The van der Waals surface area contributed by atoms with Gasteiger partial charge in [0.1, 0.15) is 0 Å². The van der Waals surface area contributed by atoms with E-state index < -0.39 is 0 Å². The van der Waals surface area contributed by atoms with Crippen molar-refractivity contribution < 1.29 is 19.7 Å². The summed E-state index contributed by atoms with van der Waals surface area (Å²) >= 11 is 0. The highest BCUT2D eigenvalue weighted by Gasteiger charge is 2.23. The van der Waals surface area contributed by atoms with Crippen LogP contribution < -0.4 is 0 Å². The molecule has 0 bridgehead atoms. The van der Waals surface area contributed by atoms with E-state index in [2.05, 4.69) is 75.5 Å². The Balaban J connectivity index is 1.86. The molecule has 0 aliphatic carbocycles. The van der Waals surface area contributed by atoms with Crippen LogP contribution in [0.2, 0.25) is 0 Å². The lowest BCUT2D eigenvalue weighted by Gasteiger charge is -2.27. The van der Waals surface area contributed by atoms with Crippen LogP contribution in [-0.2, 0) is 27.7 Å². The average Bonchev–Trinajstić information content (AvgIpc) is 2.84. The van der Waals surface area contributed by atoms with Crippen LogP contribution in [0, 0.1) is 0 Å². The van der Waals surface area contributed by atoms with Crippen LogP contribution in [0.1, 0.15) is 74.6 Å². The van der Waals surface area contributed by atoms with Crippen molar-refractivity contribution in [2.45, 2.75) is 82.8 Å². The van der Waals surface area contributed by atoms with Crippen molar-refractivity contribution in [3.8, 4) is 0 Å². The molecule has 0 spiro atoms. The van der Waals surface area contributed by atoms with Crippen LogP contribution in [0.3, 0.4) is 0 Å². The Hall–Kier alpha value is -2.56. The molecule has 0 heterocycles. The molecule has 0 radical (unpaired) electrons. The molecule has 0 saturated carbocycles. The molecular weight excluding hydrogens is 436 g/mol. The second-order valence-corrected chi connectivity index (χ2v) is 9.80. The molecule has 0 aliphatic heterocycles. The first kappa shape index (κ1) is 28.7. The zero-order valence-corrected chi connectivity index (χ0v) is 21.6. The lowest BCUT2D eigenvalue weighted by Crippen LogP contribution is -2.19. The smallest absolute Gasteiger partial charge is 0.0873 e. The Morgan fingerprint density at radius 2 is 1.06 bits per heavy atom. The number of rotatable bonds is 18. The van der Waals surface area contributed by atoms with Gasteiger partial charge in [-0.3, -0.25) is 0 Å². The molecule has 0 saturated heterocycles. The molecule has 2 unspecified atom stereocenters. The van der Waals surface area contributed by atoms with Gasteiger partial charge in [-0.25, -0.2) is 0 Å². The summed E-state index contributed by atoms with van der Waals surface area (Å²) < 4.78 is 10.3. The maximum Gasteiger partial charge on any atom is 0.0873 e. The number of ether oxygens (including phenoxy) is 2. The van der Waals surface area contributed by atoms with E-state index in [9.17, 15) is 10.2 Å². The Morgan fingerprint density at radius 3 is 1.40 bits per heavy atom. The van der Waals surface area contributed by atoms with E-state index >= 15 is 0 Å². The van der Waals surface area contributed by atoms with Gasteiger partial charge in [-0.2, -0.15) is 0 Å². The summed E-state index contributed by atoms with van der Waals surface area (Å²) in [6.07, 6.45) is 8.89. The third-order valence-corrected chi connectivity index (χ3v) is 6.63. The van der Waals surface area contributed by atoms with Gasteiger partial charge in [0.25, 0.3) is 0 Å². The molecule has 0 amide bonds. The lowest BCUT2D eigenvalue weighted by molar-refractivity contribution is 0.155. The van der Waals surface area contributed by atoms with Crippen LogP contribution >= 0.6 is 0 Å². The first-order valence-electron chi connectivity index (χ1n) is 12.9. The summed E-state index contributed by atoms with van der Waals surface area (Å²) in [6, 6.07) is 17.2. The fraction of sp³-hybridized carbons (Fsp3) is 0.484. The second kappa shape index (κ2) is 15.4. The average molecular weight is 481 g/mol. The van der Waals surface area contributed by atoms with Gasteiger partial charge in [0.2, 0.25) is 0 Å². The van der Waals surface area contributed by atoms with Crippen molar-refractivity contribution in [2.24, 2.45) is 0 Å². The normalized spacial score (nSPS) is 13.1. The Kier molecular flexibility index (Phi) is 12.6. The van der Waals surface area contributed by atoms with Crippen LogP contribution in [0.25, 0.3) is 0 Å². The van der Waals surface area contributed by atoms with Gasteiger partial charge in [0, 0.05) is 5.41 Å². The number of hydrogen-bond acceptors (Lipinski definition) is 4. The van der Waals surface area contributed by atoms with Crippen LogP contribution in [0.15, 0.2) is 74.2 Å². The largest absolute Gasteiger partial charge is 0.502 e. The summed E-state index contributed by atoms with van der Waals surface area (Å²) in [4.78, 5) is 0. The Morgan fingerprint density at radius 1 is 0.686 bits per heavy atom. The van der Waals surface area contributed by atoms with E-state index in [1.165, 1.54) is 23.7 Å². The third-order valence-electron chi connectivity index (χ3n) is 6.63. The van der Waals surface area contributed by atoms with Crippen molar-refractivity contribution in [2.75, 3.05) is 13.2 Å². The standard InChI is InChI=1S/C31H44O4/c1-5-34-21-9-7-11-29(32)23-25-13-17-27(18-14-25)31(3,4)28-19-15-26(16-20-28)24-30(33)12-8-10-22-35-6-2/h5-6,13-20,29-30,32-33H,1-2,7-12,21-24H2,3-4H3. The minimum Gasteiger partial charge on any atom is -0.502 e. The van der Waals surface area contributed by atoms with Crippen molar-refractivity contribution in [3.05, 3.63) is 96.5 Å². The number of aliphatic hydroxyl groups is 2. The van der Waals surface area contributed by atoms with Gasteiger partial charge in [-0.05, 0) is 73.6 Å². The molecule has 2 rings (SSSR count). The van der Waals surface area contributed by atoms with Gasteiger partial charge in [0.15, 0.2) is 0 Å². The minimum absolute atomic E-state index is 0.134. The molecule has 0 aromatic heterocycles. The van der Waals surface area contributed by atoms with Crippen LogP contribution in [0.4, 0.5) is 0 Å². The fourth-order valence-corrected chi connectivity index (χ4v) is 4.33. The SMILES string of the molecule is C=COCCCCC(O)Cc1ccc(C(C)(C)c2ccc(CC(O)CCCCOC=C)cc2)cc1. The molecular formula is C31H44O4. The van der Waals surface area contributed by atoms with Gasteiger partial charge in [0.05, 0.1) is 37.9 Å². The summed E-state index contributed by atoms with van der Waals surface area (Å²) in [7, 11) is 0. The minimum atomic E-state index is -0.332. The Bertz CT molecular complexity index is 783. The molecule has 2 atom stereocenters. The van der Waals surface area contributed by atoms with E-state index in [1.807, 2.05) is 0 Å². The van der Waals surface area contributed by atoms with E-state index in [0.717, 1.165) is 49.7 Å². The third kappa shape index (κ3) is 10.3. The van der Waals surface area contributed by atoms with Gasteiger partial charge >= 0.3 is 0 Å². The van der Waals surface area contributed by atoms with Gasteiger partial charge in [-0.1, -0.05) is 75.5 Å². The van der Waals surface area contributed by atoms with Crippen molar-refractivity contribution in [3.63, 3.8) is 0 Å². The van der Waals surface area contributed by atoms with E-state index in [0.29, 0.717) is 26.1 Å². The predicted octanol–water partition coefficient (Wildman–Crippen LogP) is 6.48. The molecule has 2 N–H and O–H groups in total. The van der Waals surface area contributed by atoms with Gasteiger partial charge in [-0.15, -0.1) is 0 Å². The summed E-state index contributed by atoms with van der Waals surface area (Å²) in [6.45, 7) is 12.9. The summed E-state index contributed by atoms with van der Waals surface area (Å²) in [5, 5.41) is 20.7. The van der Waals surface area contributed by atoms with E-state index in [1.54, 1.807) is 0 Å². The number of benzene rings is 2. The highest BCUT2D eigenvalue weighted by molar-refractivity contribution is 5.40. The zero-order valence-electron chi connectivity index (χ0n) is 21.6. The van der Waals surface area contributed by atoms with Gasteiger partial charge < -0.3 is 19.7 Å². The maximum absolute atomic E-state index is 10.3. The number of hydrogen-bond donors (Lipinski definition) is 2. The van der Waals surface area contributed by atoms with E-state index in [-0.39, 0.29) is 17.6 Å². The second-order valence-electron chi connectivity index (χ2n) is 9.80. The van der Waals surface area contributed by atoms with E-state index in [4.69, 9.17) is 9.47 Å². The molecule has 0 aliphatic rings. The van der Waals surface area contributed by atoms with Crippen molar-refractivity contribution in [1.82, 2.24) is 0 Å². The van der Waals surface area contributed by atoms with Crippen molar-refractivity contribution >= 4 is 0 Å². The fourth-order valence-electron chi connectivity index (χ4n) is 4.33. The predicted molar refractivity (Wildman–Crippen MR) is 144 cm³/mol. The molecule has 192 valence electrons. The molecule has 0 fully saturated rings. The molecule has 2 aromatic rings. The topological polar surface area (TPSA) is 58.9 Å². The monoisotopic (exact) mass is 480 g/mol. The first-order chi connectivity index (χ1) is 16.9.